The highest BCUT2D eigenvalue weighted by Crippen LogP contribution is 2.47. The standard InChI is InChI=1S/C52H34N2O/c1-3-16-35(17-4-1)39-20-9-12-26-46(39)53(48-28-15-25-43-41-22-10-13-27-47(41)54(52(43)48)37-18-5-2-6-19-37)38-32-30-36(31-33-38)45-34-50-51(42-23-8-7-21-40(42)45)44-24-11-14-29-49(44)55-50/h1-34H. The van der Waals surface area contributed by atoms with E-state index in [1.54, 1.807) is 0 Å². The molecular weight excluding hydrogens is 669 g/mol. The largest absolute Gasteiger partial charge is 0.456 e. The number of furan rings is 1. The molecule has 3 heteroatoms. The van der Waals surface area contributed by atoms with Crippen molar-refractivity contribution in [1.29, 1.82) is 0 Å². The Kier molecular flexibility index (Phi) is 7.17. The summed E-state index contributed by atoms with van der Waals surface area (Å²) in [5.74, 6) is 0. The SMILES string of the molecule is c1ccc(-c2ccccc2N(c2ccc(-c3cc4oc5ccccc5c4c4ccccc34)cc2)c2cccc3c4ccccc4n(-c4ccccc4)c23)cc1. The summed E-state index contributed by atoms with van der Waals surface area (Å²) in [6, 6.07) is 73.9. The number of aromatic nitrogens is 1. The highest BCUT2D eigenvalue weighted by atomic mass is 16.3. The molecule has 0 saturated carbocycles. The lowest BCUT2D eigenvalue weighted by Crippen LogP contribution is -2.12. The first-order valence-electron chi connectivity index (χ1n) is 18.8. The molecule has 0 spiro atoms. The van der Waals surface area contributed by atoms with Gasteiger partial charge in [0.2, 0.25) is 0 Å². The number of rotatable bonds is 6. The Bertz CT molecular complexity index is 3190. The molecule has 0 saturated heterocycles. The molecule has 3 nitrogen and oxygen atoms in total. The van der Waals surface area contributed by atoms with E-state index in [0.29, 0.717) is 0 Å². The summed E-state index contributed by atoms with van der Waals surface area (Å²) >= 11 is 0. The molecule has 9 aromatic carbocycles. The van der Waals surface area contributed by atoms with Crippen LogP contribution in [0.3, 0.4) is 0 Å². The van der Waals surface area contributed by atoms with Crippen LogP contribution >= 0.6 is 0 Å². The highest BCUT2D eigenvalue weighted by Gasteiger charge is 2.24. The third kappa shape index (κ3) is 4.98. The van der Waals surface area contributed by atoms with Crippen molar-refractivity contribution in [3.63, 3.8) is 0 Å². The number of para-hydroxylation sites is 5. The number of hydrogen-bond acceptors (Lipinski definition) is 2. The summed E-state index contributed by atoms with van der Waals surface area (Å²) in [7, 11) is 0. The zero-order valence-electron chi connectivity index (χ0n) is 29.9. The number of hydrogen-bond donors (Lipinski definition) is 0. The van der Waals surface area contributed by atoms with E-state index in [2.05, 4.69) is 210 Å². The molecule has 0 unspecified atom stereocenters. The van der Waals surface area contributed by atoms with E-state index >= 15 is 0 Å². The molecule has 0 aliphatic heterocycles. The Morgan fingerprint density at radius 1 is 0.382 bits per heavy atom. The number of anilines is 3. The minimum absolute atomic E-state index is 0.901. The molecule has 258 valence electrons. The average molecular weight is 703 g/mol. The van der Waals surface area contributed by atoms with Crippen LogP contribution in [0.2, 0.25) is 0 Å². The van der Waals surface area contributed by atoms with E-state index in [4.69, 9.17) is 4.42 Å². The summed E-state index contributed by atoms with van der Waals surface area (Å²) in [4.78, 5) is 2.44. The third-order valence-corrected chi connectivity index (χ3v) is 11.0. The summed E-state index contributed by atoms with van der Waals surface area (Å²) < 4.78 is 8.88. The lowest BCUT2D eigenvalue weighted by molar-refractivity contribution is 0.669. The Hall–Kier alpha value is -7.36. The zero-order chi connectivity index (χ0) is 36.3. The van der Waals surface area contributed by atoms with Crippen LogP contribution in [0.15, 0.2) is 211 Å². The monoisotopic (exact) mass is 702 g/mol. The van der Waals surface area contributed by atoms with E-state index in [9.17, 15) is 0 Å². The fourth-order valence-electron chi connectivity index (χ4n) is 8.58. The maximum Gasteiger partial charge on any atom is 0.136 e. The maximum absolute atomic E-state index is 6.46. The molecule has 0 amide bonds. The number of benzene rings is 9. The van der Waals surface area contributed by atoms with Gasteiger partial charge in [0, 0.05) is 38.5 Å². The maximum atomic E-state index is 6.46. The van der Waals surface area contributed by atoms with E-state index in [1.807, 2.05) is 6.07 Å². The number of fused-ring (bicyclic) bond motifs is 8. The van der Waals surface area contributed by atoms with Crippen molar-refractivity contribution in [3.05, 3.63) is 206 Å². The van der Waals surface area contributed by atoms with Gasteiger partial charge in [-0.2, -0.15) is 0 Å². The second-order valence-corrected chi connectivity index (χ2v) is 14.1. The van der Waals surface area contributed by atoms with E-state index in [-0.39, 0.29) is 0 Å². The van der Waals surface area contributed by atoms with Crippen molar-refractivity contribution >= 4 is 71.6 Å². The topological polar surface area (TPSA) is 21.3 Å². The second-order valence-electron chi connectivity index (χ2n) is 14.1. The third-order valence-electron chi connectivity index (χ3n) is 11.0. The first kappa shape index (κ1) is 31.2. The molecule has 0 fully saturated rings. The molecule has 11 rings (SSSR count). The Balaban J connectivity index is 1.16. The molecule has 0 N–H and O–H groups in total. The molecule has 55 heavy (non-hydrogen) atoms. The van der Waals surface area contributed by atoms with Gasteiger partial charge >= 0.3 is 0 Å². The van der Waals surface area contributed by atoms with Crippen LogP contribution in [-0.4, -0.2) is 4.57 Å². The van der Waals surface area contributed by atoms with Crippen LogP contribution in [-0.2, 0) is 0 Å². The zero-order valence-corrected chi connectivity index (χ0v) is 29.9. The van der Waals surface area contributed by atoms with Crippen LogP contribution < -0.4 is 4.90 Å². The molecule has 2 heterocycles. The van der Waals surface area contributed by atoms with Gasteiger partial charge in [0.05, 0.1) is 22.4 Å². The molecule has 0 aliphatic carbocycles. The van der Waals surface area contributed by atoms with Gasteiger partial charge in [-0.05, 0) is 82.1 Å². The van der Waals surface area contributed by atoms with Crippen molar-refractivity contribution in [3.8, 4) is 27.9 Å². The van der Waals surface area contributed by atoms with Crippen LogP contribution in [0.5, 0.6) is 0 Å². The molecule has 0 atom stereocenters. The first-order valence-corrected chi connectivity index (χ1v) is 18.8. The predicted molar refractivity (Wildman–Crippen MR) is 231 cm³/mol. The second kappa shape index (κ2) is 12.6. The van der Waals surface area contributed by atoms with E-state index in [0.717, 1.165) is 66.9 Å². The van der Waals surface area contributed by atoms with Gasteiger partial charge in [0.1, 0.15) is 11.2 Å². The van der Waals surface area contributed by atoms with Crippen molar-refractivity contribution in [2.45, 2.75) is 0 Å². The van der Waals surface area contributed by atoms with Crippen molar-refractivity contribution in [2.75, 3.05) is 4.90 Å². The highest BCUT2D eigenvalue weighted by molar-refractivity contribution is 6.22. The predicted octanol–water partition coefficient (Wildman–Crippen LogP) is 14.6. The first-order chi connectivity index (χ1) is 27.3. The van der Waals surface area contributed by atoms with E-state index < -0.39 is 0 Å². The van der Waals surface area contributed by atoms with Gasteiger partial charge in [0.15, 0.2) is 0 Å². The summed E-state index contributed by atoms with van der Waals surface area (Å²) in [6.45, 7) is 0. The minimum Gasteiger partial charge on any atom is -0.456 e. The van der Waals surface area contributed by atoms with Gasteiger partial charge < -0.3 is 13.9 Å². The average Bonchev–Trinajstić information content (AvgIpc) is 3.81. The van der Waals surface area contributed by atoms with Crippen molar-refractivity contribution in [1.82, 2.24) is 4.57 Å². The molecule has 2 aromatic heterocycles. The van der Waals surface area contributed by atoms with Crippen LogP contribution in [0.25, 0.3) is 82.5 Å². The summed E-state index contributed by atoms with van der Waals surface area (Å²) in [5.41, 5.74) is 13.2. The van der Waals surface area contributed by atoms with Gasteiger partial charge in [-0.25, -0.2) is 0 Å². The van der Waals surface area contributed by atoms with E-state index in [1.165, 1.54) is 32.6 Å². The lowest BCUT2D eigenvalue weighted by atomic mass is 9.94. The van der Waals surface area contributed by atoms with Gasteiger partial charge in [-0.15, -0.1) is 0 Å². The summed E-state index contributed by atoms with van der Waals surface area (Å²) in [5, 5.41) is 7.15. The van der Waals surface area contributed by atoms with Crippen LogP contribution in [0.4, 0.5) is 17.1 Å². The lowest BCUT2D eigenvalue weighted by Gasteiger charge is -2.29. The van der Waals surface area contributed by atoms with Crippen LogP contribution in [0.1, 0.15) is 0 Å². The molecule has 0 aliphatic rings. The minimum atomic E-state index is 0.901. The Labute approximate surface area is 318 Å². The molecular formula is C52H34N2O. The van der Waals surface area contributed by atoms with Gasteiger partial charge in [-0.3, -0.25) is 0 Å². The normalized spacial score (nSPS) is 11.6. The molecule has 0 bridgehead atoms. The quantitative estimate of drug-likeness (QED) is 0.172. The van der Waals surface area contributed by atoms with Crippen molar-refractivity contribution in [2.24, 2.45) is 0 Å². The Morgan fingerprint density at radius 3 is 1.80 bits per heavy atom. The van der Waals surface area contributed by atoms with Gasteiger partial charge in [-0.1, -0.05) is 152 Å². The van der Waals surface area contributed by atoms with Gasteiger partial charge in [0.25, 0.3) is 0 Å². The van der Waals surface area contributed by atoms with Crippen LogP contribution in [0, 0.1) is 0 Å². The molecule has 0 radical (unpaired) electrons. The smallest absolute Gasteiger partial charge is 0.136 e. The van der Waals surface area contributed by atoms with Crippen molar-refractivity contribution < 1.29 is 4.42 Å². The fourth-order valence-corrected chi connectivity index (χ4v) is 8.58. The molecule has 11 aromatic rings. The summed E-state index contributed by atoms with van der Waals surface area (Å²) in [6.07, 6.45) is 0. The fraction of sp³-hybridized carbons (Fsp3) is 0. The number of nitrogens with zero attached hydrogens (tertiary/aromatic N) is 2. The Morgan fingerprint density at radius 2 is 0.982 bits per heavy atom.